The molecular weight excluding hydrogens is 444 g/mol. The smallest absolute Gasteiger partial charge is 0.210 e. The maximum atomic E-state index is 11.3. The van der Waals surface area contributed by atoms with Gasteiger partial charge in [0.1, 0.15) is 0 Å². The van der Waals surface area contributed by atoms with Crippen LogP contribution in [0.3, 0.4) is 0 Å². The van der Waals surface area contributed by atoms with Crippen molar-refractivity contribution in [1.82, 2.24) is 20.4 Å². The summed E-state index contributed by atoms with van der Waals surface area (Å²) in [6.07, 6.45) is 8.13. The number of aromatic nitrogens is 2. The number of carbonyl (C=O) groups is 1. The van der Waals surface area contributed by atoms with Crippen LogP contribution < -0.4 is 5.32 Å². The third-order valence-corrected chi connectivity index (χ3v) is 7.50. The summed E-state index contributed by atoms with van der Waals surface area (Å²) in [6, 6.07) is 29.8. The first-order valence-electron chi connectivity index (χ1n) is 12.9. The van der Waals surface area contributed by atoms with Crippen molar-refractivity contribution >= 4 is 6.41 Å². The number of nitrogens with one attached hydrogen (secondary N) is 2. The quantitative estimate of drug-likeness (QED) is 0.350. The summed E-state index contributed by atoms with van der Waals surface area (Å²) >= 11 is 0. The Hall–Kier alpha value is -3.70. The SMILES string of the molecule is O=CN1CCC(c2ccccc2)CC1c1ccccc1.c1ccc(C2CCNC2)c(-c2cn[nH]c2)c1. The molecule has 36 heavy (non-hydrogen) atoms. The first-order chi connectivity index (χ1) is 17.8. The van der Waals surface area contributed by atoms with Gasteiger partial charge in [0.25, 0.3) is 0 Å². The molecule has 184 valence electrons. The van der Waals surface area contributed by atoms with Crippen LogP contribution in [-0.2, 0) is 4.79 Å². The van der Waals surface area contributed by atoms with Crippen LogP contribution in [0.5, 0.6) is 0 Å². The molecule has 2 saturated heterocycles. The summed E-state index contributed by atoms with van der Waals surface area (Å²) in [4.78, 5) is 13.3. The average molecular weight is 479 g/mol. The highest BCUT2D eigenvalue weighted by Gasteiger charge is 2.29. The molecule has 5 heteroatoms. The number of hydrogen-bond acceptors (Lipinski definition) is 3. The van der Waals surface area contributed by atoms with Crippen molar-refractivity contribution in [2.24, 2.45) is 0 Å². The maximum absolute atomic E-state index is 11.3. The third kappa shape index (κ3) is 5.58. The lowest BCUT2D eigenvalue weighted by Gasteiger charge is -2.37. The number of aromatic amines is 1. The summed E-state index contributed by atoms with van der Waals surface area (Å²) in [5, 5.41) is 10.3. The van der Waals surface area contributed by atoms with Gasteiger partial charge in [-0.3, -0.25) is 9.89 Å². The molecule has 1 aromatic heterocycles. The molecule has 3 atom stereocenters. The fraction of sp³-hybridized carbons (Fsp3) is 0.290. The minimum atomic E-state index is 0.202. The second kappa shape index (κ2) is 11.8. The van der Waals surface area contributed by atoms with Crippen LogP contribution in [0, 0.1) is 0 Å². The molecule has 6 rings (SSSR count). The number of rotatable bonds is 5. The molecule has 0 saturated carbocycles. The van der Waals surface area contributed by atoms with Gasteiger partial charge in [-0.1, -0.05) is 84.9 Å². The Kier molecular flexibility index (Phi) is 7.89. The zero-order valence-electron chi connectivity index (χ0n) is 20.6. The lowest BCUT2D eigenvalue weighted by Crippen LogP contribution is -2.35. The van der Waals surface area contributed by atoms with Gasteiger partial charge in [-0.25, -0.2) is 0 Å². The van der Waals surface area contributed by atoms with E-state index in [4.69, 9.17) is 0 Å². The van der Waals surface area contributed by atoms with Crippen LogP contribution in [0.15, 0.2) is 97.3 Å². The highest BCUT2D eigenvalue weighted by Crippen LogP contribution is 2.38. The molecule has 2 N–H and O–H groups in total. The first kappa shape index (κ1) is 24.0. The van der Waals surface area contributed by atoms with E-state index in [9.17, 15) is 4.79 Å². The Bertz CT molecular complexity index is 1200. The van der Waals surface area contributed by atoms with Crippen molar-refractivity contribution in [2.45, 2.75) is 37.1 Å². The molecule has 5 nitrogen and oxygen atoms in total. The molecular formula is C31H34N4O. The minimum absolute atomic E-state index is 0.202. The summed E-state index contributed by atoms with van der Waals surface area (Å²) in [5.74, 6) is 1.18. The van der Waals surface area contributed by atoms with Crippen molar-refractivity contribution in [3.05, 3.63) is 114 Å². The van der Waals surface area contributed by atoms with Crippen LogP contribution in [0.25, 0.3) is 11.1 Å². The normalized spacial score (nSPS) is 21.4. The summed E-state index contributed by atoms with van der Waals surface area (Å²) in [7, 11) is 0. The molecule has 1 amide bonds. The molecule has 4 aromatic rings. The minimum Gasteiger partial charge on any atom is -0.338 e. The topological polar surface area (TPSA) is 61.0 Å². The van der Waals surface area contributed by atoms with Crippen LogP contribution in [0.1, 0.15) is 53.8 Å². The molecule has 0 bridgehead atoms. The van der Waals surface area contributed by atoms with Gasteiger partial charge in [0.15, 0.2) is 0 Å². The van der Waals surface area contributed by atoms with Crippen molar-refractivity contribution < 1.29 is 4.79 Å². The number of amides is 1. The summed E-state index contributed by atoms with van der Waals surface area (Å²) < 4.78 is 0. The van der Waals surface area contributed by atoms with E-state index in [1.54, 1.807) is 0 Å². The van der Waals surface area contributed by atoms with Gasteiger partial charge in [-0.2, -0.15) is 5.10 Å². The average Bonchev–Trinajstić information content (AvgIpc) is 3.69. The molecule has 0 aliphatic carbocycles. The number of nitrogens with zero attached hydrogens (tertiary/aromatic N) is 2. The number of piperidine rings is 1. The van der Waals surface area contributed by atoms with Crippen molar-refractivity contribution in [3.8, 4) is 11.1 Å². The van der Waals surface area contributed by atoms with E-state index in [0.29, 0.717) is 11.8 Å². The largest absolute Gasteiger partial charge is 0.338 e. The zero-order chi connectivity index (χ0) is 24.6. The lowest BCUT2D eigenvalue weighted by atomic mass is 9.83. The lowest BCUT2D eigenvalue weighted by molar-refractivity contribution is -0.121. The maximum Gasteiger partial charge on any atom is 0.210 e. The predicted molar refractivity (Wildman–Crippen MR) is 145 cm³/mol. The van der Waals surface area contributed by atoms with Crippen LogP contribution in [0.4, 0.5) is 0 Å². The predicted octanol–water partition coefficient (Wildman–Crippen LogP) is 5.92. The number of likely N-dealkylation sites (tertiary alicyclic amines) is 1. The Morgan fingerprint density at radius 1 is 0.833 bits per heavy atom. The number of benzene rings is 3. The molecule has 0 spiro atoms. The fourth-order valence-corrected chi connectivity index (χ4v) is 5.57. The first-order valence-corrected chi connectivity index (χ1v) is 12.9. The van der Waals surface area contributed by atoms with E-state index in [0.717, 1.165) is 38.9 Å². The number of hydrogen-bond donors (Lipinski definition) is 2. The van der Waals surface area contributed by atoms with Gasteiger partial charge in [-0.15, -0.1) is 0 Å². The van der Waals surface area contributed by atoms with Gasteiger partial charge in [0.2, 0.25) is 6.41 Å². The summed E-state index contributed by atoms with van der Waals surface area (Å²) in [5.41, 5.74) is 6.56. The zero-order valence-corrected chi connectivity index (χ0v) is 20.6. The Morgan fingerprint density at radius 3 is 2.22 bits per heavy atom. The van der Waals surface area contributed by atoms with Gasteiger partial charge >= 0.3 is 0 Å². The molecule has 3 heterocycles. The fourth-order valence-electron chi connectivity index (χ4n) is 5.57. The van der Waals surface area contributed by atoms with E-state index in [1.807, 2.05) is 35.5 Å². The molecule has 2 aliphatic heterocycles. The van der Waals surface area contributed by atoms with Crippen molar-refractivity contribution in [2.75, 3.05) is 19.6 Å². The van der Waals surface area contributed by atoms with E-state index >= 15 is 0 Å². The second-order valence-electron chi connectivity index (χ2n) is 9.67. The van der Waals surface area contributed by atoms with Gasteiger partial charge in [0, 0.05) is 24.8 Å². The molecule has 0 radical (unpaired) electrons. The van der Waals surface area contributed by atoms with Crippen molar-refractivity contribution in [1.29, 1.82) is 0 Å². The summed E-state index contributed by atoms with van der Waals surface area (Å²) in [6.45, 7) is 3.06. The van der Waals surface area contributed by atoms with E-state index < -0.39 is 0 Å². The van der Waals surface area contributed by atoms with E-state index in [2.05, 4.69) is 82.2 Å². The Labute approximate surface area is 213 Å². The molecule has 3 unspecified atom stereocenters. The highest BCUT2D eigenvalue weighted by molar-refractivity contribution is 5.66. The monoisotopic (exact) mass is 478 g/mol. The molecule has 2 fully saturated rings. The number of H-pyrrole nitrogens is 1. The van der Waals surface area contributed by atoms with E-state index in [-0.39, 0.29) is 6.04 Å². The van der Waals surface area contributed by atoms with Gasteiger partial charge in [0.05, 0.1) is 12.2 Å². The van der Waals surface area contributed by atoms with Crippen LogP contribution >= 0.6 is 0 Å². The standard InChI is InChI=1S/C18H19NO.C13H15N3/c20-14-19-12-11-17(15-7-3-1-4-8-15)13-18(19)16-9-5-2-6-10-16;1-2-4-13(11-8-15-16-9-11)12(3-1)10-5-6-14-7-10/h1-10,14,17-18H,11-13H2;1-4,8-10,14H,5-7H2,(H,15,16). The van der Waals surface area contributed by atoms with E-state index in [1.165, 1.54) is 34.2 Å². The molecule has 3 aromatic carbocycles. The number of carbonyl (C=O) groups excluding carboxylic acids is 1. The van der Waals surface area contributed by atoms with Crippen LogP contribution in [-0.4, -0.2) is 41.1 Å². The third-order valence-electron chi connectivity index (χ3n) is 7.50. The highest BCUT2D eigenvalue weighted by atomic mass is 16.1. The Morgan fingerprint density at radius 2 is 1.56 bits per heavy atom. The van der Waals surface area contributed by atoms with Crippen LogP contribution in [0.2, 0.25) is 0 Å². The van der Waals surface area contributed by atoms with Gasteiger partial charge in [-0.05, 0) is 59.9 Å². The van der Waals surface area contributed by atoms with Crippen molar-refractivity contribution in [3.63, 3.8) is 0 Å². The molecule has 2 aliphatic rings. The second-order valence-corrected chi connectivity index (χ2v) is 9.67. The Balaban J connectivity index is 0.000000152. The van der Waals surface area contributed by atoms with Gasteiger partial charge < -0.3 is 10.2 Å².